The Bertz CT molecular complexity index is 553. The lowest BCUT2D eigenvalue weighted by molar-refractivity contribution is 0.288. The second-order valence-corrected chi connectivity index (χ2v) is 5.71. The van der Waals surface area contributed by atoms with E-state index in [1.165, 1.54) is 11.1 Å². The van der Waals surface area contributed by atoms with Crippen LogP contribution in [0.4, 0.5) is 0 Å². The van der Waals surface area contributed by atoms with Gasteiger partial charge in [0.2, 0.25) is 0 Å². The predicted molar refractivity (Wildman–Crippen MR) is 89.3 cm³/mol. The standard InChI is InChI=1S/C18H22ClNO/c1-14-4-3-5-18(12-14)21-11-10-17(20-2)13-15-6-8-16(19)9-7-15/h3-9,12,17,20H,10-11,13H2,1-2H3. The number of nitrogens with one attached hydrogen (secondary N) is 1. The quantitative estimate of drug-likeness (QED) is 0.825. The van der Waals surface area contributed by atoms with Crippen molar-refractivity contribution < 1.29 is 4.74 Å². The Balaban J connectivity index is 1.81. The van der Waals surface area contributed by atoms with E-state index in [0.717, 1.165) is 23.6 Å². The number of halogens is 1. The van der Waals surface area contributed by atoms with Crippen molar-refractivity contribution in [3.05, 3.63) is 64.7 Å². The van der Waals surface area contributed by atoms with Gasteiger partial charge in [-0.3, -0.25) is 0 Å². The van der Waals surface area contributed by atoms with Crippen LogP contribution in [0.25, 0.3) is 0 Å². The zero-order valence-corrected chi connectivity index (χ0v) is 13.4. The molecule has 0 aliphatic heterocycles. The van der Waals surface area contributed by atoms with E-state index >= 15 is 0 Å². The molecule has 1 N–H and O–H groups in total. The maximum absolute atomic E-state index is 5.91. The van der Waals surface area contributed by atoms with Crippen LogP contribution in [0.2, 0.25) is 5.02 Å². The molecule has 0 aromatic heterocycles. The van der Waals surface area contributed by atoms with Crippen molar-refractivity contribution in [1.82, 2.24) is 5.32 Å². The van der Waals surface area contributed by atoms with E-state index in [0.29, 0.717) is 12.6 Å². The molecule has 2 rings (SSSR count). The van der Waals surface area contributed by atoms with E-state index in [2.05, 4.69) is 36.5 Å². The third-order valence-corrected chi connectivity index (χ3v) is 3.78. The minimum Gasteiger partial charge on any atom is -0.494 e. The van der Waals surface area contributed by atoms with Crippen LogP contribution in [0, 0.1) is 6.92 Å². The lowest BCUT2D eigenvalue weighted by Gasteiger charge is -2.17. The van der Waals surface area contributed by atoms with Crippen molar-refractivity contribution in [3.63, 3.8) is 0 Å². The van der Waals surface area contributed by atoms with Gasteiger partial charge in [-0.15, -0.1) is 0 Å². The fourth-order valence-electron chi connectivity index (χ4n) is 2.28. The van der Waals surface area contributed by atoms with E-state index in [-0.39, 0.29) is 0 Å². The second kappa shape index (κ2) is 8.06. The van der Waals surface area contributed by atoms with Crippen LogP contribution in [0.5, 0.6) is 5.75 Å². The molecule has 2 nitrogen and oxygen atoms in total. The van der Waals surface area contributed by atoms with Gasteiger partial charge < -0.3 is 10.1 Å². The van der Waals surface area contributed by atoms with Crippen LogP contribution in [0.1, 0.15) is 17.5 Å². The number of hydrogen-bond acceptors (Lipinski definition) is 2. The molecule has 0 aliphatic carbocycles. The van der Waals surface area contributed by atoms with Gasteiger partial charge in [0, 0.05) is 11.1 Å². The number of likely N-dealkylation sites (N-methyl/N-ethyl adjacent to an activating group) is 1. The first-order valence-electron chi connectivity index (χ1n) is 7.28. The number of benzene rings is 2. The summed E-state index contributed by atoms with van der Waals surface area (Å²) < 4.78 is 5.81. The summed E-state index contributed by atoms with van der Waals surface area (Å²) in [5, 5.41) is 4.13. The van der Waals surface area contributed by atoms with Crippen molar-refractivity contribution >= 4 is 11.6 Å². The van der Waals surface area contributed by atoms with Gasteiger partial charge in [0.15, 0.2) is 0 Å². The third-order valence-electron chi connectivity index (χ3n) is 3.53. The minimum absolute atomic E-state index is 0.399. The summed E-state index contributed by atoms with van der Waals surface area (Å²) in [5.74, 6) is 0.941. The molecule has 1 unspecified atom stereocenters. The van der Waals surface area contributed by atoms with Crippen molar-refractivity contribution in [1.29, 1.82) is 0 Å². The molecule has 112 valence electrons. The molecule has 0 heterocycles. The van der Waals surface area contributed by atoms with Crippen molar-refractivity contribution in [3.8, 4) is 5.75 Å². The topological polar surface area (TPSA) is 21.3 Å². The van der Waals surface area contributed by atoms with Crippen molar-refractivity contribution in [2.24, 2.45) is 0 Å². The molecular weight excluding hydrogens is 282 g/mol. The molecular formula is C18H22ClNO. The highest BCUT2D eigenvalue weighted by atomic mass is 35.5. The van der Waals surface area contributed by atoms with Crippen molar-refractivity contribution in [2.45, 2.75) is 25.8 Å². The number of rotatable bonds is 7. The Morgan fingerprint density at radius 3 is 2.57 bits per heavy atom. The molecule has 0 aliphatic rings. The van der Waals surface area contributed by atoms with Gasteiger partial charge in [-0.05, 0) is 62.2 Å². The van der Waals surface area contributed by atoms with Crippen LogP contribution in [-0.4, -0.2) is 19.7 Å². The smallest absolute Gasteiger partial charge is 0.119 e. The molecule has 0 saturated carbocycles. The predicted octanol–water partition coefficient (Wildman–Crippen LogP) is 4.25. The molecule has 21 heavy (non-hydrogen) atoms. The average Bonchev–Trinajstić information content (AvgIpc) is 2.48. The lowest BCUT2D eigenvalue weighted by atomic mass is 10.0. The fraction of sp³-hybridized carbons (Fsp3) is 0.333. The number of hydrogen-bond donors (Lipinski definition) is 1. The van der Waals surface area contributed by atoms with Crippen LogP contribution < -0.4 is 10.1 Å². The van der Waals surface area contributed by atoms with Gasteiger partial charge in [-0.1, -0.05) is 35.9 Å². The van der Waals surface area contributed by atoms with Gasteiger partial charge in [-0.25, -0.2) is 0 Å². The van der Waals surface area contributed by atoms with E-state index in [4.69, 9.17) is 16.3 Å². The molecule has 0 radical (unpaired) electrons. The molecule has 2 aromatic rings. The highest BCUT2D eigenvalue weighted by Crippen LogP contribution is 2.14. The highest BCUT2D eigenvalue weighted by molar-refractivity contribution is 6.30. The summed E-state index contributed by atoms with van der Waals surface area (Å²) >= 11 is 5.91. The average molecular weight is 304 g/mol. The molecule has 0 spiro atoms. The van der Waals surface area contributed by atoms with E-state index < -0.39 is 0 Å². The largest absolute Gasteiger partial charge is 0.494 e. The zero-order chi connectivity index (χ0) is 15.1. The highest BCUT2D eigenvalue weighted by Gasteiger charge is 2.08. The van der Waals surface area contributed by atoms with E-state index in [9.17, 15) is 0 Å². The Morgan fingerprint density at radius 1 is 1.14 bits per heavy atom. The Hall–Kier alpha value is -1.51. The van der Waals surface area contributed by atoms with Gasteiger partial charge >= 0.3 is 0 Å². The molecule has 0 bridgehead atoms. The Kier molecular flexibility index (Phi) is 6.09. The first-order chi connectivity index (χ1) is 10.2. The van der Waals surface area contributed by atoms with Gasteiger partial charge in [0.25, 0.3) is 0 Å². The Labute approximate surface area is 132 Å². The van der Waals surface area contributed by atoms with Crippen LogP contribution in [-0.2, 0) is 6.42 Å². The normalized spacial score (nSPS) is 12.1. The molecule has 0 fully saturated rings. The molecule has 0 saturated heterocycles. The SMILES string of the molecule is CNC(CCOc1cccc(C)c1)Cc1ccc(Cl)cc1. The maximum Gasteiger partial charge on any atom is 0.119 e. The first-order valence-corrected chi connectivity index (χ1v) is 7.66. The summed E-state index contributed by atoms with van der Waals surface area (Å²) in [4.78, 5) is 0. The maximum atomic E-state index is 5.91. The van der Waals surface area contributed by atoms with Gasteiger partial charge in [0.1, 0.15) is 5.75 Å². The van der Waals surface area contributed by atoms with Crippen LogP contribution >= 0.6 is 11.6 Å². The van der Waals surface area contributed by atoms with Gasteiger partial charge in [0.05, 0.1) is 6.61 Å². The summed E-state index contributed by atoms with van der Waals surface area (Å²) in [6.45, 7) is 2.78. The summed E-state index contributed by atoms with van der Waals surface area (Å²) in [6.07, 6.45) is 1.94. The molecule has 2 aromatic carbocycles. The second-order valence-electron chi connectivity index (χ2n) is 5.27. The zero-order valence-electron chi connectivity index (χ0n) is 12.6. The first kappa shape index (κ1) is 15.9. The minimum atomic E-state index is 0.399. The third kappa shape index (κ3) is 5.41. The van der Waals surface area contributed by atoms with E-state index in [1.54, 1.807) is 0 Å². The van der Waals surface area contributed by atoms with Crippen LogP contribution in [0.3, 0.4) is 0 Å². The molecule has 1 atom stereocenters. The number of ether oxygens (including phenoxy) is 1. The molecule has 3 heteroatoms. The van der Waals surface area contributed by atoms with Crippen molar-refractivity contribution in [2.75, 3.05) is 13.7 Å². The number of aryl methyl sites for hydroxylation is 1. The van der Waals surface area contributed by atoms with Crippen LogP contribution in [0.15, 0.2) is 48.5 Å². The summed E-state index contributed by atoms with van der Waals surface area (Å²) in [7, 11) is 1.99. The summed E-state index contributed by atoms with van der Waals surface area (Å²) in [6, 6.07) is 16.6. The lowest BCUT2D eigenvalue weighted by Crippen LogP contribution is -2.29. The molecule has 0 amide bonds. The van der Waals surface area contributed by atoms with E-state index in [1.807, 2.05) is 31.3 Å². The fourth-order valence-corrected chi connectivity index (χ4v) is 2.40. The Morgan fingerprint density at radius 2 is 1.90 bits per heavy atom. The monoisotopic (exact) mass is 303 g/mol. The van der Waals surface area contributed by atoms with Gasteiger partial charge in [-0.2, -0.15) is 0 Å². The summed E-state index contributed by atoms with van der Waals surface area (Å²) in [5.41, 5.74) is 2.51.